The normalized spacial score (nSPS) is 12.5. The molecule has 0 saturated heterocycles. The zero-order valence-electron chi connectivity index (χ0n) is 16.8. The first-order valence-corrected chi connectivity index (χ1v) is 10.8. The average Bonchev–Trinajstić information content (AvgIpc) is 2.64. The molecule has 0 aliphatic carbocycles. The van der Waals surface area contributed by atoms with Gasteiger partial charge in [0.2, 0.25) is 5.91 Å². The minimum absolute atomic E-state index is 0.0694. The maximum absolute atomic E-state index is 13.0. The highest BCUT2D eigenvalue weighted by molar-refractivity contribution is 8.00. The lowest BCUT2D eigenvalue weighted by Gasteiger charge is -2.17. The van der Waals surface area contributed by atoms with Crippen molar-refractivity contribution in [1.82, 2.24) is 14.9 Å². The molecule has 1 N–H and O–H groups in total. The minimum Gasteiger partial charge on any atom is -0.382 e. The van der Waals surface area contributed by atoms with Gasteiger partial charge in [-0.25, -0.2) is 4.98 Å². The lowest BCUT2D eigenvalue weighted by Crippen LogP contribution is -2.34. The lowest BCUT2D eigenvalue weighted by atomic mass is 10.2. The van der Waals surface area contributed by atoms with Crippen LogP contribution >= 0.6 is 23.4 Å². The predicted octanol–water partition coefficient (Wildman–Crippen LogP) is 3.73. The Hall–Kier alpha value is -1.57. The Morgan fingerprint density at radius 3 is 2.79 bits per heavy atom. The topological polar surface area (TPSA) is 73.2 Å². The fraction of sp³-hybridized carbons (Fsp3) is 0.550. The van der Waals surface area contributed by atoms with Gasteiger partial charge in [-0.05, 0) is 44.4 Å². The molecule has 0 spiro atoms. The van der Waals surface area contributed by atoms with E-state index < -0.39 is 0 Å². The van der Waals surface area contributed by atoms with E-state index in [0.29, 0.717) is 59.7 Å². The summed E-state index contributed by atoms with van der Waals surface area (Å²) in [5, 5.41) is 4.11. The number of hydrogen-bond donors (Lipinski definition) is 1. The molecular weight excluding hydrogens is 398 g/mol. The van der Waals surface area contributed by atoms with Gasteiger partial charge in [0.1, 0.15) is 0 Å². The molecule has 0 aliphatic heterocycles. The summed E-state index contributed by atoms with van der Waals surface area (Å²) in [5.74, 6) is 0.304. The summed E-state index contributed by atoms with van der Waals surface area (Å²) in [5.41, 5.74) is 0.409. The molecule has 1 heterocycles. The quantitative estimate of drug-likeness (QED) is 0.356. The number of halogens is 1. The van der Waals surface area contributed by atoms with Crippen LogP contribution in [0.4, 0.5) is 0 Å². The Bertz CT molecular complexity index is 870. The van der Waals surface area contributed by atoms with E-state index in [1.165, 1.54) is 11.8 Å². The third-order valence-electron chi connectivity index (χ3n) is 4.09. The fourth-order valence-electron chi connectivity index (χ4n) is 2.59. The molecule has 1 aromatic heterocycles. The largest absolute Gasteiger partial charge is 0.382 e. The van der Waals surface area contributed by atoms with E-state index in [1.54, 1.807) is 22.8 Å². The summed E-state index contributed by atoms with van der Waals surface area (Å²) in [6.45, 7) is 10.1. The Labute approximate surface area is 175 Å². The van der Waals surface area contributed by atoms with E-state index >= 15 is 0 Å². The lowest BCUT2D eigenvalue weighted by molar-refractivity contribution is -0.120. The van der Waals surface area contributed by atoms with Gasteiger partial charge < -0.3 is 10.1 Å². The van der Waals surface area contributed by atoms with E-state index in [4.69, 9.17) is 16.3 Å². The van der Waals surface area contributed by atoms with E-state index in [1.807, 2.05) is 27.7 Å². The molecule has 0 bridgehead atoms. The molecule has 28 heavy (non-hydrogen) atoms. The Morgan fingerprint density at radius 2 is 2.11 bits per heavy atom. The number of benzene rings is 1. The van der Waals surface area contributed by atoms with Gasteiger partial charge in [-0.1, -0.05) is 37.2 Å². The summed E-state index contributed by atoms with van der Waals surface area (Å²) in [6, 6.07) is 5.06. The van der Waals surface area contributed by atoms with Crippen molar-refractivity contribution in [3.63, 3.8) is 0 Å². The molecule has 0 fully saturated rings. The van der Waals surface area contributed by atoms with Crippen molar-refractivity contribution < 1.29 is 9.53 Å². The van der Waals surface area contributed by atoms with Crippen molar-refractivity contribution in [3.8, 4) is 0 Å². The van der Waals surface area contributed by atoms with Crippen LogP contribution in [0, 0.1) is 5.92 Å². The van der Waals surface area contributed by atoms with Gasteiger partial charge in [0.05, 0.1) is 16.2 Å². The molecule has 6 nitrogen and oxygen atoms in total. The standard InChI is InChI=1S/C20H28ClN3O3S/c1-5-27-10-6-9-24-19(26)16-8-7-15(21)11-17(16)23-20(24)28-14(4)18(25)22-12-13(2)3/h7-8,11,13-14H,5-6,9-10,12H2,1-4H3,(H,22,25). The summed E-state index contributed by atoms with van der Waals surface area (Å²) in [4.78, 5) is 30.0. The number of thioether (sulfide) groups is 1. The molecule has 154 valence electrons. The van der Waals surface area contributed by atoms with Crippen molar-refractivity contribution in [2.75, 3.05) is 19.8 Å². The Morgan fingerprint density at radius 1 is 1.36 bits per heavy atom. The van der Waals surface area contributed by atoms with Crippen molar-refractivity contribution in [3.05, 3.63) is 33.6 Å². The molecule has 1 amide bonds. The van der Waals surface area contributed by atoms with E-state index in [2.05, 4.69) is 10.3 Å². The second-order valence-electron chi connectivity index (χ2n) is 6.96. The number of aromatic nitrogens is 2. The van der Waals surface area contributed by atoms with Crippen LogP contribution < -0.4 is 10.9 Å². The summed E-state index contributed by atoms with van der Waals surface area (Å²) < 4.78 is 7.02. The van der Waals surface area contributed by atoms with Crippen LogP contribution in [-0.4, -0.2) is 40.5 Å². The first-order chi connectivity index (χ1) is 13.3. The number of amides is 1. The molecule has 0 aliphatic rings. The molecule has 1 atom stereocenters. The summed E-state index contributed by atoms with van der Waals surface area (Å²) in [7, 11) is 0. The number of nitrogens with zero attached hydrogens (tertiary/aromatic N) is 2. The number of ether oxygens (including phenoxy) is 1. The molecule has 0 radical (unpaired) electrons. The van der Waals surface area contributed by atoms with Gasteiger partial charge in [-0.3, -0.25) is 14.2 Å². The molecule has 0 saturated carbocycles. The zero-order valence-corrected chi connectivity index (χ0v) is 18.4. The zero-order chi connectivity index (χ0) is 20.7. The summed E-state index contributed by atoms with van der Waals surface area (Å²) in [6.07, 6.45) is 0.690. The van der Waals surface area contributed by atoms with Crippen LogP contribution in [-0.2, 0) is 16.1 Å². The number of fused-ring (bicyclic) bond motifs is 1. The maximum Gasteiger partial charge on any atom is 0.262 e. The first kappa shape index (κ1) is 22.7. The van der Waals surface area contributed by atoms with Crippen molar-refractivity contribution in [1.29, 1.82) is 0 Å². The molecule has 2 aromatic rings. The van der Waals surface area contributed by atoms with Crippen LogP contribution in [0.3, 0.4) is 0 Å². The Kier molecular flexibility index (Phi) is 8.79. The van der Waals surface area contributed by atoms with Gasteiger partial charge >= 0.3 is 0 Å². The van der Waals surface area contributed by atoms with Crippen molar-refractivity contribution >= 4 is 40.2 Å². The number of nitrogens with one attached hydrogen (secondary N) is 1. The molecular formula is C20H28ClN3O3S. The van der Waals surface area contributed by atoms with Crippen molar-refractivity contribution in [2.45, 2.75) is 51.1 Å². The number of rotatable bonds is 10. The fourth-order valence-corrected chi connectivity index (χ4v) is 3.72. The summed E-state index contributed by atoms with van der Waals surface area (Å²) >= 11 is 7.36. The molecule has 1 unspecified atom stereocenters. The van der Waals surface area contributed by atoms with Gasteiger partial charge in [-0.15, -0.1) is 0 Å². The van der Waals surface area contributed by atoms with Crippen LogP contribution in [0.1, 0.15) is 34.1 Å². The van der Waals surface area contributed by atoms with Crippen LogP contribution in [0.5, 0.6) is 0 Å². The third kappa shape index (κ3) is 6.22. The van der Waals surface area contributed by atoms with E-state index in [-0.39, 0.29) is 16.7 Å². The molecule has 2 rings (SSSR count). The predicted molar refractivity (Wildman–Crippen MR) is 115 cm³/mol. The van der Waals surface area contributed by atoms with Gasteiger partial charge in [0.15, 0.2) is 5.16 Å². The van der Waals surface area contributed by atoms with Gasteiger partial charge in [-0.2, -0.15) is 0 Å². The van der Waals surface area contributed by atoms with Crippen LogP contribution in [0.2, 0.25) is 5.02 Å². The highest BCUT2D eigenvalue weighted by Gasteiger charge is 2.19. The molecule has 8 heteroatoms. The van der Waals surface area contributed by atoms with Gasteiger partial charge in [0.25, 0.3) is 5.56 Å². The van der Waals surface area contributed by atoms with E-state index in [0.717, 1.165) is 0 Å². The van der Waals surface area contributed by atoms with E-state index in [9.17, 15) is 9.59 Å². The number of hydrogen-bond acceptors (Lipinski definition) is 5. The monoisotopic (exact) mass is 425 g/mol. The highest BCUT2D eigenvalue weighted by Crippen LogP contribution is 2.24. The second kappa shape index (κ2) is 10.8. The highest BCUT2D eigenvalue weighted by atomic mass is 35.5. The molecule has 1 aromatic carbocycles. The van der Waals surface area contributed by atoms with Gasteiger partial charge in [0, 0.05) is 31.3 Å². The smallest absolute Gasteiger partial charge is 0.262 e. The average molecular weight is 426 g/mol. The number of carbonyl (C=O) groups excluding carboxylic acids is 1. The first-order valence-electron chi connectivity index (χ1n) is 9.55. The van der Waals surface area contributed by atoms with Crippen molar-refractivity contribution in [2.24, 2.45) is 5.92 Å². The maximum atomic E-state index is 13.0. The minimum atomic E-state index is -0.375. The second-order valence-corrected chi connectivity index (χ2v) is 8.71. The Balaban J connectivity index is 2.32. The van der Waals surface area contributed by atoms with Crippen LogP contribution in [0.25, 0.3) is 10.9 Å². The number of carbonyl (C=O) groups is 1. The SMILES string of the molecule is CCOCCCn1c(SC(C)C(=O)NCC(C)C)nc2cc(Cl)ccc2c1=O. The third-order valence-corrected chi connectivity index (χ3v) is 5.42. The van der Waals surface area contributed by atoms with Crippen LogP contribution in [0.15, 0.2) is 28.2 Å².